The number of nitrogen functional groups attached to an aromatic ring is 1. The normalized spacial score (nSPS) is 13.5. The number of hydrogen-bond donors (Lipinski definition) is 8. The fraction of sp³-hybridized carbons (Fsp3) is 0.176. The van der Waals surface area contributed by atoms with Crippen molar-refractivity contribution in [3.63, 3.8) is 0 Å². The highest BCUT2D eigenvalue weighted by molar-refractivity contribution is 7.86. The van der Waals surface area contributed by atoms with Gasteiger partial charge in [-0.05, 0) is 91.0 Å². The summed E-state index contributed by atoms with van der Waals surface area (Å²) in [6, 6.07) is 6.08. The molecule has 2 aromatic heterocycles. The smallest absolute Gasteiger partial charge is 0.233 e. The molecule has 6 aromatic rings. The molecule has 0 bridgehead atoms. The van der Waals surface area contributed by atoms with Gasteiger partial charge in [0.05, 0.1) is 42.9 Å². The van der Waals surface area contributed by atoms with E-state index in [0.717, 1.165) is 36.4 Å². The molecule has 0 aliphatic carbocycles. The second kappa shape index (κ2) is 20.3. The molecule has 0 amide bonds. The Morgan fingerprint density at radius 3 is 1.33 bits per heavy atom. The van der Waals surface area contributed by atoms with Crippen LogP contribution in [-0.4, -0.2) is 122 Å². The first-order valence-corrected chi connectivity index (χ1v) is 25.1. The molecule has 0 saturated carbocycles. The number of aliphatic hydroxyl groups is 2. The minimum absolute atomic E-state index is 0.0158. The van der Waals surface area contributed by atoms with Crippen LogP contribution in [0.15, 0.2) is 88.6 Å². The van der Waals surface area contributed by atoms with E-state index in [1.165, 1.54) is 13.8 Å². The molecule has 70 heavy (non-hydrogen) atoms. The maximum absolute atomic E-state index is 12.6. The number of aliphatic hydroxyl groups excluding tert-OH is 2. The van der Waals surface area contributed by atoms with Crippen molar-refractivity contribution in [3.8, 4) is 5.75 Å². The summed E-state index contributed by atoms with van der Waals surface area (Å²) < 4.78 is 149. The Morgan fingerprint density at radius 1 is 0.571 bits per heavy atom. The number of nitrogens with one attached hydrogen (secondary N) is 4. The van der Waals surface area contributed by atoms with Crippen LogP contribution in [0.5, 0.6) is 5.75 Å². The van der Waals surface area contributed by atoms with Crippen molar-refractivity contribution in [1.29, 1.82) is 0 Å². The molecule has 372 valence electrons. The molecule has 0 saturated heterocycles. The molecule has 2 atom stereocenters. The quantitative estimate of drug-likeness (QED) is 0.0347. The zero-order valence-electron chi connectivity index (χ0n) is 34.9. The maximum atomic E-state index is 12.6. The van der Waals surface area contributed by atoms with Gasteiger partial charge in [0.15, 0.2) is 5.75 Å². The minimum atomic E-state index is -5.78. The van der Waals surface area contributed by atoms with Gasteiger partial charge in [0.1, 0.15) is 63.2 Å². The zero-order valence-corrected chi connectivity index (χ0v) is 39.6. The van der Waals surface area contributed by atoms with Crippen molar-refractivity contribution in [2.45, 2.75) is 45.6 Å². The third kappa shape index (κ3) is 12.9. The molecule has 0 fully saturated rings. The van der Waals surface area contributed by atoms with Crippen LogP contribution in [0.3, 0.4) is 0 Å². The number of benzene rings is 4. The van der Waals surface area contributed by atoms with E-state index in [9.17, 15) is 67.2 Å². The lowest BCUT2D eigenvalue weighted by atomic mass is 10.1. The number of aromatic hydroxyl groups is 1. The van der Waals surface area contributed by atoms with Crippen LogP contribution in [0, 0.1) is 0 Å². The van der Waals surface area contributed by atoms with Crippen molar-refractivity contribution >= 4 is 138 Å². The average Bonchev–Trinajstić information content (AvgIpc) is 3.22. The van der Waals surface area contributed by atoms with Crippen LogP contribution in [0.2, 0.25) is 10.6 Å². The Kier molecular flexibility index (Phi) is 15.3. The number of phenolic OH excluding ortho intramolecular Hbond substituents is 1. The largest absolute Gasteiger partial charge is 0.744 e. The first-order valence-electron chi connectivity index (χ1n) is 18.8. The maximum Gasteiger partial charge on any atom is 0.233 e. The summed E-state index contributed by atoms with van der Waals surface area (Å²) >= 11 is 11.9. The number of fused-ring (bicyclic) bond motifs is 1. The highest BCUT2D eigenvalue weighted by atomic mass is 35.5. The number of halogens is 2. The highest BCUT2D eigenvalue weighted by Crippen LogP contribution is 2.49. The molecule has 6 rings (SSSR count). The number of nitrogens with two attached hydrogens (primary N) is 1. The Labute approximate surface area is 404 Å². The molecule has 0 spiro atoms. The van der Waals surface area contributed by atoms with Gasteiger partial charge in [0.2, 0.25) is 34.4 Å². The average molecular weight is 1090 g/mol. The van der Waals surface area contributed by atoms with Crippen molar-refractivity contribution < 1.29 is 67.2 Å². The number of anilines is 7. The van der Waals surface area contributed by atoms with Gasteiger partial charge >= 0.3 is 0 Å². The standard InChI is InChI=1S/C34H33Cl2N15O15S4/c1-13(52)11-38-31-42-29(35)44-33(46-31)40-16-3-5-20(67(55,56)57)18(9-16)48-50-26-22(69(61,62)63)7-15-8-23(70(64,65)66)27(28(54)24(15)25(26)37)51-49-19-10-17(4-6-21(19)68(58,59)60)41-34-45-30(36)43-32(47-34)39-12-14(2)53/h3-10,13-14,52-54H,11-12,37H2,1-2H3,(H,55,56,57)(H,58,59,60)(H,61,62,63)(H,64,65,66)(H2,38,40,42,44,46)(H2,39,41,43,45,47)/p-4. The molecule has 36 heteroatoms. The Hall–Kier alpha value is -6.70. The number of azo groups is 2. The summed E-state index contributed by atoms with van der Waals surface area (Å²) in [5.41, 5.74) is 0.837. The molecular formula is C34H29Cl2N15O15S4-4. The van der Waals surface area contributed by atoms with Crippen LogP contribution in [0.25, 0.3) is 10.8 Å². The molecule has 0 aliphatic rings. The number of phenols is 1. The van der Waals surface area contributed by atoms with E-state index in [0.29, 0.717) is 12.1 Å². The third-order valence-corrected chi connectivity index (χ3v) is 12.5. The molecule has 0 aliphatic heterocycles. The van der Waals surface area contributed by atoms with Gasteiger partial charge < -0.3 is 60.5 Å². The Balaban J connectivity index is 1.49. The van der Waals surface area contributed by atoms with Crippen LogP contribution >= 0.6 is 23.2 Å². The summed E-state index contributed by atoms with van der Waals surface area (Å²) in [6.45, 7) is 2.89. The van der Waals surface area contributed by atoms with Crippen molar-refractivity contribution in [1.82, 2.24) is 29.9 Å². The molecule has 2 heterocycles. The number of rotatable bonds is 18. The highest BCUT2D eigenvalue weighted by Gasteiger charge is 2.25. The summed E-state index contributed by atoms with van der Waals surface area (Å²) in [4.78, 5) is 18.5. The predicted molar refractivity (Wildman–Crippen MR) is 240 cm³/mol. The van der Waals surface area contributed by atoms with Gasteiger partial charge in [-0.25, -0.2) is 33.7 Å². The summed E-state index contributed by atoms with van der Waals surface area (Å²) in [5.74, 6) is -2.18. The van der Waals surface area contributed by atoms with E-state index >= 15 is 0 Å². The summed E-state index contributed by atoms with van der Waals surface area (Å²) in [6.07, 6.45) is -1.68. The van der Waals surface area contributed by atoms with Gasteiger partial charge in [0, 0.05) is 24.5 Å². The van der Waals surface area contributed by atoms with Crippen molar-refractivity contribution in [3.05, 3.63) is 59.1 Å². The Morgan fingerprint density at radius 2 is 0.943 bits per heavy atom. The molecule has 30 nitrogen and oxygen atoms in total. The molecule has 4 aromatic carbocycles. The van der Waals surface area contributed by atoms with E-state index < -0.39 is 117 Å². The van der Waals surface area contributed by atoms with Crippen LogP contribution < -0.4 is 27.0 Å². The number of nitrogens with zero attached hydrogens (tertiary/aromatic N) is 10. The summed E-state index contributed by atoms with van der Waals surface area (Å²) in [7, 11) is -22.4. The van der Waals surface area contributed by atoms with Gasteiger partial charge in [-0.1, -0.05) is 0 Å². The minimum Gasteiger partial charge on any atom is -0.744 e. The Bertz CT molecular complexity index is 3370. The molecular weight excluding hydrogens is 1060 g/mol. The summed E-state index contributed by atoms with van der Waals surface area (Å²) in [5, 5.41) is 53.5. The van der Waals surface area contributed by atoms with Gasteiger partial charge in [-0.15, -0.1) is 20.5 Å². The van der Waals surface area contributed by atoms with E-state index in [2.05, 4.69) is 71.6 Å². The second-order valence-corrected chi connectivity index (χ2v) is 20.2. The van der Waals surface area contributed by atoms with Gasteiger partial charge in [-0.2, -0.15) is 29.9 Å². The van der Waals surface area contributed by atoms with Crippen molar-refractivity contribution in [2.75, 3.05) is 40.1 Å². The lowest BCUT2D eigenvalue weighted by Gasteiger charge is -2.18. The lowest BCUT2D eigenvalue weighted by molar-refractivity contribution is 0.207. The fourth-order valence-corrected chi connectivity index (χ4v) is 8.58. The number of aromatic nitrogens is 6. The number of hydrogen-bond acceptors (Lipinski definition) is 30. The first kappa shape index (κ1) is 52.7. The van der Waals surface area contributed by atoms with Crippen LogP contribution in [0.4, 0.5) is 63.6 Å². The van der Waals surface area contributed by atoms with E-state index in [1.807, 2.05) is 0 Å². The predicted octanol–water partition coefficient (Wildman–Crippen LogP) is 3.32. The third-order valence-electron chi connectivity index (χ3n) is 8.66. The van der Waals surface area contributed by atoms with Crippen LogP contribution in [0.1, 0.15) is 13.8 Å². The van der Waals surface area contributed by atoms with Crippen molar-refractivity contribution in [2.24, 2.45) is 20.5 Å². The van der Waals surface area contributed by atoms with E-state index in [4.69, 9.17) is 28.9 Å². The fourth-order valence-electron chi connectivity index (χ4n) is 5.78. The van der Waals surface area contributed by atoms with E-state index in [1.54, 1.807) is 0 Å². The van der Waals surface area contributed by atoms with Gasteiger partial charge in [0.25, 0.3) is 0 Å². The first-order chi connectivity index (χ1) is 32.5. The molecule has 0 radical (unpaired) electrons. The second-order valence-electron chi connectivity index (χ2n) is 14.1. The molecule has 2 unspecified atom stereocenters. The monoisotopic (exact) mass is 1090 g/mol. The lowest BCUT2D eigenvalue weighted by Crippen LogP contribution is -2.17. The van der Waals surface area contributed by atoms with Gasteiger partial charge in [-0.3, -0.25) is 0 Å². The topological polar surface area (TPSA) is 490 Å². The molecule has 9 N–H and O–H groups in total. The van der Waals surface area contributed by atoms with Crippen LogP contribution in [-0.2, 0) is 40.5 Å². The van der Waals surface area contributed by atoms with E-state index in [-0.39, 0.29) is 58.8 Å². The zero-order chi connectivity index (χ0) is 51.7. The SMILES string of the molecule is CC(O)CNc1nc(Cl)nc(Nc2ccc(S(=O)(=O)[O-])c(N=Nc3c(S(=O)(=O)[O-])cc4cc(S(=O)(=O)[O-])c(N=Nc5cc(Nc6nc(Cl)nc(NCC(C)O)n6)ccc5S(=O)(=O)[O-])c(O)c4c3N)c2)n1.